The van der Waals surface area contributed by atoms with Crippen molar-refractivity contribution in [3.8, 4) is 0 Å². The van der Waals surface area contributed by atoms with E-state index in [4.69, 9.17) is 0 Å². The third-order valence-electron chi connectivity index (χ3n) is 2.95. The van der Waals surface area contributed by atoms with Crippen LogP contribution in [0.4, 0.5) is 0 Å². The van der Waals surface area contributed by atoms with Crippen molar-refractivity contribution in [2.45, 2.75) is 6.92 Å². The fraction of sp³-hybridized carbons (Fsp3) is 0.0556. The number of aliphatic imine (C=N–C) groups is 1. The van der Waals surface area contributed by atoms with Gasteiger partial charge in [-0.25, -0.2) is 0 Å². The highest BCUT2D eigenvalue weighted by Crippen LogP contribution is 2.22. The summed E-state index contributed by atoms with van der Waals surface area (Å²) in [4.78, 5) is 4.14. The predicted octanol–water partition coefficient (Wildman–Crippen LogP) is 4.83. The molecule has 1 nitrogen and oxygen atoms in total. The molecule has 0 bridgehead atoms. The lowest BCUT2D eigenvalue weighted by atomic mass is 10.0. The molecule has 2 rings (SSSR count). The largest absolute Gasteiger partial charge is 0.264 e. The molecule has 2 aromatic rings. The molecule has 0 spiro atoms. The molecule has 94 valence electrons. The van der Waals surface area contributed by atoms with Crippen LogP contribution in [0.2, 0.25) is 0 Å². The highest BCUT2D eigenvalue weighted by molar-refractivity contribution is 5.84. The topological polar surface area (TPSA) is 12.4 Å². The van der Waals surface area contributed by atoms with Gasteiger partial charge in [0, 0.05) is 5.56 Å². The molecule has 0 atom stereocenters. The lowest BCUT2D eigenvalue weighted by molar-refractivity contribution is 1.51. The molecule has 0 fully saturated rings. The molecule has 2 aromatic carbocycles. The summed E-state index contributed by atoms with van der Waals surface area (Å²) in [5.74, 6) is 0. The van der Waals surface area contributed by atoms with Gasteiger partial charge in [-0.05, 0) is 30.9 Å². The Labute approximate surface area is 114 Å². The Morgan fingerprint density at radius 3 is 1.89 bits per heavy atom. The van der Waals surface area contributed by atoms with E-state index < -0.39 is 0 Å². The van der Waals surface area contributed by atoms with E-state index in [0.29, 0.717) is 0 Å². The van der Waals surface area contributed by atoms with Gasteiger partial charge < -0.3 is 0 Å². The van der Waals surface area contributed by atoms with Gasteiger partial charge in [-0.1, -0.05) is 66.7 Å². The van der Waals surface area contributed by atoms with E-state index in [1.807, 2.05) is 55.5 Å². The molecule has 0 radical (unpaired) electrons. The quantitative estimate of drug-likeness (QED) is 0.542. The molecule has 0 aliphatic rings. The zero-order valence-corrected chi connectivity index (χ0v) is 11.1. The first-order valence-electron chi connectivity index (χ1n) is 6.30. The fourth-order valence-electron chi connectivity index (χ4n) is 1.94. The van der Waals surface area contributed by atoms with E-state index in [1.54, 1.807) is 0 Å². The van der Waals surface area contributed by atoms with Crippen LogP contribution in [0.1, 0.15) is 18.1 Å². The van der Waals surface area contributed by atoms with Gasteiger partial charge in [-0.15, -0.1) is 0 Å². The molecule has 19 heavy (non-hydrogen) atoms. The van der Waals surface area contributed by atoms with Crippen LogP contribution < -0.4 is 0 Å². The van der Waals surface area contributed by atoms with Crippen molar-refractivity contribution >= 4 is 18.0 Å². The maximum absolute atomic E-state index is 4.14. The summed E-state index contributed by atoms with van der Waals surface area (Å²) in [5.41, 5.74) is 4.29. The molecule has 1 heteroatoms. The third-order valence-corrected chi connectivity index (χ3v) is 2.95. The van der Waals surface area contributed by atoms with Crippen molar-refractivity contribution in [2.24, 2.45) is 4.99 Å². The van der Waals surface area contributed by atoms with Crippen LogP contribution in [-0.2, 0) is 0 Å². The van der Waals surface area contributed by atoms with Crippen LogP contribution in [0.5, 0.6) is 0 Å². The van der Waals surface area contributed by atoms with Crippen LogP contribution in [0.3, 0.4) is 0 Å². The summed E-state index contributed by atoms with van der Waals surface area (Å²) >= 11 is 0. The summed E-state index contributed by atoms with van der Waals surface area (Å²) in [6.45, 7) is 5.71. The summed E-state index contributed by atoms with van der Waals surface area (Å²) in [6.07, 6.45) is 4.15. The minimum absolute atomic E-state index is 0.887. The minimum Gasteiger partial charge on any atom is -0.264 e. The molecule has 0 unspecified atom stereocenters. The maximum atomic E-state index is 4.14. The van der Waals surface area contributed by atoms with Crippen molar-refractivity contribution in [3.63, 3.8) is 0 Å². The molecule has 0 saturated carbocycles. The number of rotatable bonds is 4. The highest BCUT2D eigenvalue weighted by atomic mass is 14.7. The van der Waals surface area contributed by atoms with Gasteiger partial charge in [-0.2, -0.15) is 0 Å². The molecule has 0 aromatic heterocycles. The first-order chi connectivity index (χ1) is 9.35. The molecular weight excluding hydrogens is 230 g/mol. The molecule has 0 aliphatic heterocycles. The molecular formula is C18H17N. The van der Waals surface area contributed by atoms with Crippen LogP contribution >= 0.6 is 0 Å². The van der Waals surface area contributed by atoms with Gasteiger partial charge in [-0.3, -0.25) is 4.99 Å². The van der Waals surface area contributed by atoms with Crippen molar-refractivity contribution in [1.29, 1.82) is 0 Å². The lowest BCUT2D eigenvalue weighted by Crippen LogP contribution is -1.84. The highest BCUT2D eigenvalue weighted by Gasteiger charge is 2.01. The van der Waals surface area contributed by atoms with Crippen LogP contribution in [-0.4, -0.2) is 6.72 Å². The van der Waals surface area contributed by atoms with Gasteiger partial charge in [0.1, 0.15) is 0 Å². The van der Waals surface area contributed by atoms with E-state index in [1.165, 1.54) is 5.56 Å². The number of benzene rings is 2. The molecule has 0 N–H and O–H groups in total. The molecule has 0 heterocycles. The van der Waals surface area contributed by atoms with E-state index in [2.05, 4.69) is 36.0 Å². The number of allylic oxidation sites excluding steroid dienone is 3. The summed E-state index contributed by atoms with van der Waals surface area (Å²) in [6, 6.07) is 20.4. The lowest BCUT2D eigenvalue weighted by Gasteiger charge is -2.05. The number of nitrogens with zero attached hydrogens (tertiary/aromatic N) is 1. The molecule has 0 amide bonds. The monoisotopic (exact) mass is 247 g/mol. The van der Waals surface area contributed by atoms with Gasteiger partial charge >= 0.3 is 0 Å². The zero-order valence-electron chi connectivity index (χ0n) is 11.1. The average Bonchev–Trinajstić information content (AvgIpc) is 2.50. The van der Waals surface area contributed by atoms with Gasteiger partial charge in [0.25, 0.3) is 0 Å². The van der Waals surface area contributed by atoms with Gasteiger partial charge in [0.05, 0.1) is 5.70 Å². The van der Waals surface area contributed by atoms with E-state index >= 15 is 0 Å². The smallest absolute Gasteiger partial charge is 0.0700 e. The van der Waals surface area contributed by atoms with E-state index in [9.17, 15) is 0 Å². The second kappa shape index (κ2) is 6.50. The molecule has 0 aliphatic carbocycles. The van der Waals surface area contributed by atoms with Crippen LogP contribution in [0.25, 0.3) is 11.3 Å². The number of hydrogen-bond acceptors (Lipinski definition) is 1. The fourth-order valence-corrected chi connectivity index (χ4v) is 1.94. The Kier molecular flexibility index (Phi) is 4.46. The third kappa shape index (κ3) is 3.29. The number of hydrogen-bond donors (Lipinski definition) is 0. The SMILES string of the molecule is C=N/C(=C\C(=C/C)c1ccccc1)c1ccccc1. The summed E-state index contributed by atoms with van der Waals surface area (Å²) < 4.78 is 0. The van der Waals surface area contributed by atoms with Crippen molar-refractivity contribution in [1.82, 2.24) is 0 Å². The molecule has 0 saturated heterocycles. The van der Waals surface area contributed by atoms with Crippen molar-refractivity contribution in [3.05, 3.63) is 83.9 Å². The van der Waals surface area contributed by atoms with Crippen LogP contribution in [0.15, 0.2) is 77.8 Å². The Balaban J connectivity index is 2.40. The maximum Gasteiger partial charge on any atom is 0.0700 e. The Bertz CT molecular complexity index is 592. The first kappa shape index (κ1) is 13.0. The van der Waals surface area contributed by atoms with Crippen molar-refractivity contribution < 1.29 is 0 Å². The first-order valence-corrected chi connectivity index (χ1v) is 6.30. The van der Waals surface area contributed by atoms with Crippen LogP contribution in [0, 0.1) is 0 Å². The second-order valence-electron chi connectivity index (χ2n) is 4.16. The van der Waals surface area contributed by atoms with Gasteiger partial charge in [0.15, 0.2) is 0 Å². The van der Waals surface area contributed by atoms with E-state index in [0.717, 1.165) is 16.8 Å². The second-order valence-corrected chi connectivity index (χ2v) is 4.16. The average molecular weight is 247 g/mol. The zero-order chi connectivity index (χ0) is 13.5. The standard InChI is InChI=1S/C18H17N/c1-3-15(16-10-6-4-7-11-16)14-18(19-2)17-12-8-5-9-13-17/h3-14H,2H2,1H3/b15-3+,18-14-. The predicted molar refractivity (Wildman–Crippen MR) is 84.1 cm³/mol. The van der Waals surface area contributed by atoms with Crippen molar-refractivity contribution in [2.75, 3.05) is 0 Å². The normalized spacial score (nSPS) is 12.3. The summed E-state index contributed by atoms with van der Waals surface area (Å²) in [5, 5.41) is 0. The Morgan fingerprint density at radius 2 is 1.42 bits per heavy atom. The Morgan fingerprint density at radius 1 is 0.895 bits per heavy atom. The Hall–Kier alpha value is -2.41. The van der Waals surface area contributed by atoms with Gasteiger partial charge in [0.2, 0.25) is 0 Å². The summed E-state index contributed by atoms with van der Waals surface area (Å²) in [7, 11) is 0. The minimum atomic E-state index is 0.887. The van der Waals surface area contributed by atoms with E-state index in [-0.39, 0.29) is 0 Å².